The minimum atomic E-state index is -0.749. The summed E-state index contributed by atoms with van der Waals surface area (Å²) in [6.07, 6.45) is 1.70. The van der Waals surface area contributed by atoms with E-state index in [4.69, 9.17) is 0 Å². The molecule has 0 radical (unpaired) electrons. The molecule has 1 heteroatoms. The fourth-order valence-corrected chi connectivity index (χ4v) is 1.07. The lowest BCUT2D eigenvalue weighted by Crippen LogP contribution is -2.21. The SMILES string of the molecule is C=CC(=C(C)C)C(C)(C)O. The number of hydrogen-bond donors (Lipinski definition) is 1. The Hall–Kier alpha value is -0.560. The molecule has 0 unspecified atom stereocenters. The van der Waals surface area contributed by atoms with Crippen molar-refractivity contribution in [3.8, 4) is 0 Å². The molecule has 0 bridgehead atoms. The van der Waals surface area contributed by atoms with Gasteiger partial charge in [0.1, 0.15) is 0 Å². The van der Waals surface area contributed by atoms with Gasteiger partial charge >= 0.3 is 0 Å². The van der Waals surface area contributed by atoms with Crippen LogP contribution in [0.2, 0.25) is 0 Å². The van der Waals surface area contributed by atoms with Crippen LogP contribution >= 0.6 is 0 Å². The highest BCUT2D eigenvalue weighted by atomic mass is 16.3. The summed E-state index contributed by atoms with van der Waals surface area (Å²) in [6, 6.07) is 0. The van der Waals surface area contributed by atoms with Gasteiger partial charge in [-0.15, -0.1) is 0 Å². The Balaban J connectivity index is 4.71. The average molecular weight is 140 g/mol. The molecular weight excluding hydrogens is 124 g/mol. The maximum Gasteiger partial charge on any atom is 0.0839 e. The third-order valence-electron chi connectivity index (χ3n) is 1.40. The normalized spacial score (nSPS) is 10.9. The van der Waals surface area contributed by atoms with Crippen LogP contribution in [0, 0.1) is 0 Å². The number of aliphatic hydroxyl groups is 1. The van der Waals surface area contributed by atoms with Gasteiger partial charge in [-0.2, -0.15) is 0 Å². The predicted octanol–water partition coefficient (Wildman–Crippen LogP) is 2.28. The first-order valence-corrected chi connectivity index (χ1v) is 3.42. The highest BCUT2D eigenvalue weighted by Gasteiger charge is 2.16. The minimum absolute atomic E-state index is 0.749. The second-order valence-electron chi connectivity index (χ2n) is 3.18. The first-order valence-electron chi connectivity index (χ1n) is 3.42. The summed E-state index contributed by atoms with van der Waals surface area (Å²) in [6.45, 7) is 11.1. The summed E-state index contributed by atoms with van der Waals surface area (Å²) in [5.74, 6) is 0. The topological polar surface area (TPSA) is 20.2 Å². The van der Waals surface area contributed by atoms with Gasteiger partial charge in [-0.1, -0.05) is 18.2 Å². The lowest BCUT2D eigenvalue weighted by Gasteiger charge is -2.20. The molecule has 1 N–H and O–H groups in total. The Labute approximate surface area is 63.1 Å². The van der Waals surface area contributed by atoms with Gasteiger partial charge in [-0.3, -0.25) is 0 Å². The van der Waals surface area contributed by atoms with Crippen LogP contribution < -0.4 is 0 Å². The molecule has 0 aliphatic carbocycles. The van der Waals surface area contributed by atoms with E-state index < -0.39 is 5.60 Å². The van der Waals surface area contributed by atoms with Gasteiger partial charge in [-0.25, -0.2) is 0 Å². The Kier molecular flexibility index (Phi) is 2.85. The summed E-state index contributed by atoms with van der Waals surface area (Å²) >= 11 is 0. The van der Waals surface area contributed by atoms with Crippen LogP contribution in [0.25, 0.3) is 0 Å². The van der Waals surface area contributed by atoms with Gasteiger partial charge in [0.25, 0.3) is 0 Å². The summed E-state index contributed by atoms with van der Waals surface area (Å²) in [5.41, 5.74) is 1.27. The molecule has 0 saturated heterocycles. The second-order valence-corrected chi connectivity index (χ2v) is 3.18. The molecule has 0 rings (SSSR count). The number of allylic oxidation sites excluding steroid dienone is 1. The standard InChI is InChI=1S/C9H16O/c1-6-8(7(2)3)9(4,5)10/h6,10H,1H2,2-5H3. The van der Waals surface area contributed by atoms with Crippen LogP contribution in [0.15, 0.2) is 23.8 Å². The largest absolute Gasteiger partial charge is 0.386 e. The quantitative estimate of drug-likeness (QED) is 0.583. The first-order chi connectivity index (χ1) is 4.39. The van der Waals surface area contributed by atoms with E-state index in [0.29, 0.717) is 0 Å². The van der Waals surface area contributed by atoms with Gasteiger partial charge in [-0.05, 0) is 33.3 Å². The maximum atomic E-state index is 9.52. The van der Waals surface area contributed by atoms with Gasteiger partial charge in [0.15, 0.2) is 0 Å². The van der Waals surface area contributed by atoms with Crippen molar-refractivity contribution in [3.05, 3.63) is 23.8 Å². The fraction of sp³-hybridized carbons (Fsp3) is 0.556. The molecule has 10 heavy (non-hydrogen) atoms. The molecule has 58 valence electrons. The highest BCUT2D eigenvalue weighted by Crippen LogP contribution is 2.19. The monoisotopic (exact) mass is 140 g/mol. The zero-order valence-electron chi connectivity index (χ0n) is 7.23. The zero-order valence-corrected chi connectivity index (χ0v) is 7.23. The Morgan fingerprint density at radius 1 is 1.40 bits per heavy atom. The van der Waals surface area contributed by atoms with Crippen molar-refractivity contribution < 1.29 is 5.11 Å². The Morgan fingerprint density at radius 3 is 1.80 bits per heavy atom. The van der Waals surface area contributed by atoms with Gasteiger partial charge in [0, 0.05) is 0 Å². The zero-order chi connectivity index (χ0) is 8.36. The van der Waals surface area contributed by atoms with E-state index in [0.717, 1.165) is 11.1 Å². The summed E-state index contributed by atoms with van der Waals surface area (Å²) in [7, 11) is 0. The van der Waals surface area contributed by atoms with Crippen LogP contribution in [0.1, 0.15) is 27.7 Å². The Morgan fingerprint density at radius 2 is 1.80 bits per heavy atom. The van der Waals surface area contributed by atoms with Crippen molar-refractivity contribution >= 4 is 0 Å². The van der Waals surface area contributed by atoms with Gasteiger partial charge in [0.2, 0.25) is 0 Å². The second kappa shape index (κ2) is 3.02. The van der Waals surface area contributed by atoms with E-state index in [1.165, 1.54) is 0 Å². The van der Waals surface area contributed by atoms with E-state index in [9.17, 15) is 5.11 Å². The third kappa shape index (κ3) is 2.36. The fourth-order valence-electron chi connectivity index (χ4n) is 1.07. The molecule has 0 spiro atoms. The van der Waals surface area contributed by atoms with Crippen molar-refractivity contribution in [1.29, 1.82) is 0 Å². The molecule has 0 atom stereocenters. The van der Waals surface area contributed by atoms with Crippen molar-refractivity contribution in [1.82, 2.24) is 0 Å². The number of rotatable bonds is 2. The van der Waals surface area contributed by atoms with Crippen molar-refractivity contribution in [2.45, 2.75) is 33.3 Å². The lowest BCUT2D eigenvalue weighted by atomic mass is 9.94. The highest BCUT2D eigenvalue weighted by molar-refractivity contribution is 5.29. The summed E-state index contributed by atoms with van der Waals surface area (Å²) in [5, 5.41) is 9.52. The summed E-state index contributed by atoms with van der Waals surface area (Å²) in [4.78, 5) is 0. The summed E-state index contributed by atoms with van der Waals surface area (Å²) < 4.78 is 0. The van der Waals surface area contributed by atoms with Crippen LogP contribution in [-0.4, -0.2) is 10.7 Å². The van der Waals surface area contributed by atoms with Crippen molar-refractivity contribution in [2.24, 2.45) is 0 Å². The molecule has 0 aromatic heterocycles. The average Bonchev–Trinajstić information content (AvgIpc) is 1.60. The van der Waals surface area contributed by atoms with E-state index in [1.54, 1.807) is 19.9 Å². The molecule has 0 aromatic rings. The minimum Gasteiger partial charge on any atom is -0.386 e. The third-order valence-corrected chi connectivity index (χ3v) is 1.40. The van der Waals surface area contributed by atoms with Crippen molar-refractivity contribution in [3.63, 3.8) is 0 Å². The first kappa shape index (κ1) is 9.44. The molecule has 0 heterocycles. The lowest BCUT2D eigenvalue weighted by molar-refractivity contribution is 0.123. The van der Waals surface area contributed by atoms with E-state index >= 15 is 0 Å². The number of hydrogen-bond acceptors (Lipinski definition) is 1. The molecule has 0 amide bonds. The smallest absolute Gasteiger partial charge is 0.0839 e. The van der Waals surface area contributed by atoms with Gasteiger partial charge < -0.3 is 5.11 Å². The molecule has 0 fully saturated rings. The molecule has 0 saturated carbocycles. The molecular formula is C9H16O. The molecule has 1 nitrogen and oxygen atoms in total. The van der Waals surface area contributed by atoms with Crippen LogP contribution in [0.3, 0.4) is 0 Å². The predicted molar refractivity (Wildman–Crippen MR) is 44.9 cm³/mol. The van der Waals surface area contributed by atoms with Crippen molar-refractivity contribution in [2.75, 3.05) is 0 Å². The van der Waals surface area contributed by atoms with Crippen LogP contribution in [0.4, 0.5) is 0 Å². The molecule has 0 aromatic carbocycles. The van der Waals surface area contributed by atoms with E-state index in [1.807, 2.05) is 13.8 Å². The molecule has 0 aliphatic heterocycles. The molecule has 0 aliphatic rings. The van der Waals surface area contributed by atoms with Crippen LogP contribution in [0.5, 0.6) is 0 Å². The van der Waals surface area contributed by atoms with E-state index in [2.05, 4.69) is 6.58 Å². The van der Waals surface area contributed by atoms with E-state index in [-0.39, 0.29) is 0 Å². The van der Waals surface area contributed by atoms with Gasteiger partial charge in [0.05, 0.1) is 5.60 Å². The van der Waals surface area contributed by atoms with Crippen LogP contribution in [-0.2, 0) is 0 Å². The maximum absolute atomic E-state index is 9.52. The Bertz CT molecular complexity index is 154.